The Morgan fingerprint density at radius 1 is 1.30 bits per heavy atom. The van der Waals surface area contributed by atoms with Crippen LogP contribution in [0.25, 0.3) is 0 Å². The molecule has 0 aliphatic carbocycles. The van der Waals surface area contributed by atoms with E-state index < -0.39 is 0 Å². The summed E-state index contributed by atoms with van der Waals surface area (Å²) in [7, 11) is 0. The molecule has 1 aromatic carbocycles. The summed E-state index contributed by atoms with van der Waals surface area (Å²) in [5.74, 6) is 5.46. The Morgan fingerprint density at radius 3 is 2.95 bits per heavy atom. The third-order valence-corrected chi connectivity index (χ3v) is 3.41. The summed E-state index contributed by atoms with van der Waals surface area (Å²) in [6.45, 7) is 1.30. The number of nitrogens with zero attached hydrogens (tertiary/aromatic N) is 1. The molecule has 2 N–H and O–H groups in total. The number of hydrogen-bond donors (Lipinski definition) is 1. The van der Waals surface area contributed by atoms with Gasteiger partial charge >= 0.3 is 0 Å². The van der Waals surface area contributed by atoms with Gasteiger partial charge in [0.2, 0.25) is 5.91 Å². The number of likely N-dealkylation sites (tertiary alicyclic amines) is 1. The van der Waals surface area contributed by atoms with Crippen LogP contribution in [-0.2, 0) is 11.3 Å². The molecule has 0 bridgehead atoms. The van der Waals surface area contributed by atoms with E-state index in [4.69, 9.17) is 5.73 Å². The second kappa shape index (κ2) is 7.06. The van der Waals surface area contributed by atoms with Crippen LogP contribution in [0.15, 0.2) is 18.2 Å². The lowest BCUT2D eigenvalue weighted by atomic mass is 10.1. The summed E-state index contributed by atoms with van der Waals surface area (Å²) in [5, 5.41) is 0. The van der Waals surface area contributed by atoms with Crippen molar-refractivity contribution in [1.29, 1.82) is 0 Å². The summed E-state index contributed by atoms with van der Waals surface area (Å²) in [6.07, 6.45) is 3.54. The van der Waals surface area contributed by atoms with Crippen LogP contribution in [0.1, 0.15) is 36.8 Å². The molecule has 1 aromatic rings. The SMILES string of the molecule is NCC#Cc1ccc(F)c(CN2CCCCCC2=O)c1. The minimum atomic E-state index is -0.291. The molecule has 1 fully saturated rings. The average molecular weight is 274 g/mol. The standard InChI is InChI=1S/C16H19FN2O/c17-15-8-7-13(5-4-9-18)11-14(15)12-19-10-3-1-2-6-16(19)20/h7-8,11H,1-3,6,9-10,12,18H2. The molecule has 1 aliphatic rings. The van der Waals surface area contributed by atoms with Gasteiger partial charge in [-0.25, -0.2) is 4.39 Å². The third kappa shape index (κ3) is 3.82. The summed E-state index contributed by atoms with van der Waals surface area (Å²) in [5.41, 5.74) is 6.58. The Bertz CT molecular complexity index is 545. The van der Waals surface area contributed by atoms with Gasteiger partial charge in [-0.15, -0.1) is 0 Å². The summed E-state index contributed by atoms with van der Waals surface area (Å²) < 4.78 is 13.9. The highest BCUT2D eigenvalue weighted by atomic mass is 19.1. The molecule has 0 atom stereocenters. The van der Waals surface area contributed by atoms with Crippen LogP contribution in [0.3, 0.4) is 0 Å². The number of amides is 1. The number of nitrogens with two attached hydrogens (primary N) is 1. The smallest absolute Gasteiger partial charge is 0.222 e. The van der Waals surface area contributed by atoms with Gasteiger partial charge in [0.1, 0.15) is 5.82 Å². The topological polar surface area (TPSA) is 46.3 Å². The fourth-order valence-corrected chi connectivity index (χ4v) is 2.34. The molecular formula is C16H19FN2O. The van der Waals surface area contributed by atoms with Crippen molar-refractivity contribution in [2.75, 3.05) is 13.1 Å². The Hall–Kier alpha value is -1.86. The van der Waals surface area contributed by atoms with Crippen molar-refractivity contribution in [2.45, 2.75) is 32.2 Å². The number of carbonyl (C=O) groups excluding carboxylic acids is 1. The quantitative estimate of drug-likeness (QED) is 0.839. The minimum absolute atomic E-state index is 0.111. The Labute approximate surface area is 119 Å². The maximum atomic E-state index is 13.9. The maximum absolute atomic E-state index is 13.9. The first-order valence-electron chi connectivity index (χ1n) is 6.96. The van der Waals surface area contributed by atoms with Crippen molar-refractivity contribution in [3.63, 3.8) is 0 Å². The lowest BCUT2D eigenvalue weighted by Gasteiger charge is -2.21. The predicted octanol–water partition coefficient (Wildman–Crippen LogP) is 2.04. The zero-order chi connectivity index (χ0) is 14.4. The molecule has 3 nitrogen and oxygen atoms in total. The molecule has 1 amide bonds. The summed E-state index contributed by atoms with van der Waals surface area (Å²) in [4.78, 5) is 13.7. The third-order valence-electron chi connectivity index (χ3n) is 3.41. The number of hydrogen-bond acceptors (Lipinski definition) is 2. The Kier molecular flexibility index (Phi) is 5.14. The van der Waals surface area contributed by atoms with Crippen LogP contribution >= 0.6 is 0 Å². The van der Waals surface area contributed by atoms with Gasteiger partial charge in [0.25, 0.3) is 0 Å². The van der Waals surface area contributed by atoms with Gasteiger partial charge in [0.05, 0.1) is 6.54 Å². The molecule has 1 aliphatic heterocycles. The minimum Gasteiger partial charge on any atom is -0.338 e. The van der Waals surface area contributed by atoms with E-state index in [0.29, 0.717) is 25.1 Å². The molecule has 0 radical (unpaired) electrons. The van der Waals surface area contributed by atoms with Crippen molar-refractivity contribution in [2.24, 2.45) is 5.73 Å². The second-order valence-corrected chi connectivity index (χ2v) is 4.94. The van der Waals surface area contributed by atoms with Crippen molar-refractivity contribution in [3.8, 4) is 11.8 Å². The van der Waals surface area contributed by atoms with Gasteiger partial charge in [0.15, 0.2) is 0 Å². The molecule has 4 heteroatoms. The zero-order valence-corrected chi connectivity index (χ0v) is 11.5. The highest BCUT2D eigenvalue weighted by molar-refractivity contribution is 5.76. The van der Waals surface area contributed by atoms with Gasteiger partial charge in [-0.1, -0.05) is 18.3 Å². The van der Waals surface area contributed by atoms with E-state index in [1.165, 1.54) is 6.07 Å². The average Bonchev–Trinajstić information content (AvgIpc) is 2.65. The molecule has 106 valence electrons. The van der Waals surface area contributed by atoms with E-state index in [2.05, 4.69) is 11.8 Å². The highest BCUT2D eigenvalue weighted by Crippen LogP contribution is 2.17. The van der Waals surface area contributed by atoms with Crippen molar-refractivity contribution >= 4 is 5.91 Å². The first kappa shape index (κ1) is 14.5. The van der Waals surface area contributed by atoms with E-state index in [-0.39, 0.29) is 18.3 Å². The van der Waals surface area contributed by atoms with Crippen LogP contribution in [-0.4, -0.2) is 23.9 Å². The molecule has 0 unspecified atom stereocenters. The van der Waals surface area contributed by atoms with Gasteiger partial charge < -0.3 is 10.6 Å². The molecule has 0 aromatic heterocycles. The molecule has 2 rings (SSSR count). The fourth-order valence-electron chi connectivity index (χ4n) is 2.34. The lowest BCUT2D eigenvalue weighted by Crippen LogP contribution is -2.30. The van der Waals surface area contributed by atoms with Crippen LogP contribution in [0, 0.1) is 17.7 Å². The van der Waals surface area contributed by atoms with Crippen LogP contribution in [0.5, 0.6) is 0 Å². The molecule has 20 heavy (non-hydrogen) atoms. The molecule has 0 saturated carbocycles. The van der Waals surface area contributed by atoms with E-state index in [1.807, 2.05) is 0 Å². The zero-order valence-electron chi connectivity index (χ0n) is 11.5. The largest absolute Gasteiger partial charge is 0.338 e. The van der Waals surface area contributed by atoms with Gasteiger partial charge in [-0.05, 0) is 31.0 Å². The van der Waals surface area contributed by atoms with Crippen molar-refractivity contribution in [1.82, 2.24) is 4.90 Å². The van der Waals surface area contributed by atoms with Crippen LogP contribution in [0.4, 0.5) is 4.39 Å². The van der Waals surface area contributed by atoms with Gasteiger partial charge in [-0.3, -0.25) is 4.79 Å². The number of carbonyl (C=O) groups is 1. The monoisotopic (exact) mass is 274 g/mol. The second-order valence-electron chi connectivity index (χ2n) is 4.94. The maximum Gasteiger partial charge on any atom is 0.222 e. The molecule has 0 spiro atoms. The van der Waals surface area contributed by atoms with E-state index in [0.717, 1.165) is 24.8 Å². The van der Waals surface area contributed by atoms with E-state index in [9.17, 15) is 9.18 Å². The van der Waals surface area contributed by atoms with Crippen molar-refractivity contribution in [3.05, 3.63) is 35.1 Å². The molecular weight excluding hydrogens is 255 g/mol. The normalized spacial score (nSPS) is 15.5. The van der Waals surface area contributed by atoms with Gasteiger partial charge in [0, 0.05) is 30.6 Å². The Balaban J connectivity index is 2.16. The Morgan fingerprint density at radius 2 is 2.15 bits per heavy atom. The molecule has 1 saturated heterocycles. The summed E-state index contributed by atoms with van der Waals surface area (Å²) >= 11 is 0. The summed E-state index contributed by atoms with van der Waals surface area (Å²) in [6, 6.07) is 4.74. The number of halogens is 1. The van der Waals surface area contributed by atoms with Gasteiger partial charge in [-0.2, -0.15) is 0 Å². The lowest BCUT2D eigenvalue weighted by molar-refractivity contribution is -0.131. The first-order valence-corrected chi connectivity index (χ1v) is 6.96. The first-order chi connectivity index (χ1) is 9.70. The van der Waals surface area contributed by atoms with E-state index in [1.54, 1.807) is 17.0 Å². The van der Waals surface area contributed by atoms with Crippen LogP contribution < -0.4 is 5.73 Å². The van der Waals surface area contributed by atoms with E-state index >= 15 is 0 Å². The number of benzene rings is 1. The van der Waals surface area contributed by atoms with Crippen LogP contribution in [0.2, 0.25) is 0 Å². The fraction of sp³-hybridized carbons (Fsp3) is 0.438. The predicted molar refractivity (Wildman–Crippen MR) is 76.2 cm³/mol. The van der Waals surface area contributed by atoms with Crippen molar-refractivity contribution < 1.29 is 9.18 Å². The number of rotatable bonds is 2. The highest BCUT2D eigenvalue weighted by Gasteiger charge is 2.18. The molecule has 1 heterocycles.